The number of anilines is 1. The van der Waals surface area contributed by atoms with Crippen LogP contribution >= 0.6 is 11.3 Å². The lowest BCUT2D eigenvalue weighted by Crippen LogP contribution is -2.12. The molecule has 3 aromatic carbocycles. The van der Waals surface area contributed by atoms with Crippen LogP contribution < -0.4 is 14.8 Å². The van der Waals surface area contributed by atoms with Gasteiger partial charge < -0.3 is 14.8 Å². The Kier molecular flexibility index (Phi) is 4.72. The van der Waals surface area contributed by atoms with Crippen LogP contribution in [0.25, 0.3) is 10.2 Å². The number of hydrogen-bond donors (Lipinski definition) is 1. The average Bonchev–Trinajstić information content (AvgIpc) is 3.11. The molecule has 4 rings (SSSR count). The number of ether oxygens (including phenoxy) is 2. The lowest BCUT2D eigenvalue weighted by molar-refractivity contribution is 0.102. The molecule has 0 fully saturated rings. The van der Waals surface area contributed by atoms with Crippen LogP contribution in [-0.4, -0.2) is 18.0 Å². The molecule has 1 amide bonds. The summed E-state index contributed by atoms with van der Waals surface area (Å²) in [6, 6.07) is 22.2. The SMILES string of the molecule is COc1ccccc1C(=O)Nc1ccc(Oc2nc3ccccc3s2)cc1. The highest BCUT2D eigenvalue weighted by atomic mass is 32.1. The number of benzene rings is 3. The highest BCUT2D eigenvalue weighted by Crippen LogP contribution is 2.31. The molecule has 1 heterocycles. The maximum atomic E-state index is 12.4. The lowest BCUT2D eigenvalue weighted by Gasteiger charge is -2.09. The summed E-state index contributed by atoms with van der Waals surface area (Å²) in [7, 11) is 1.54. The molecule has 0 saturated heterocycles. The Morgan fingerprint density at radius 2 is 1.70 bits per heavy atom. The number of nitrogens with zero attached hydrogens (tertiary/aromatic N) is 1. The fourth-order valence-corrected chi connectivity index (χ4v) is 3.47. The molecule has 134 valence electrons. The number of amides is 1. The van der Waals surface area contributed by atoms with Crippen LogP contribution in [0.4, 0.5) is 5.69 Å². The number of thiazole rings is 1. The molecule has 1 N–H and O–H groups in total. The molecule has 0 unspecified atom stereocenters. The van der Waals surface area contributed by atoms with E-state index in [1.54, 1.807) is 49.6 Å². The Labute approximate surface area is 160 Å². The Hall–Kier alpha value is -3.38. The van der Waals surface area contributed by atoms with Gasteiger partial charge in [0.2, 0.25) is 0 Å². The molecule has 0 radical (unpaired) electrons. The van der Waals surface area contributed by atoms with Crippen molar-refractivity contribution in [3.8, 4) is 16.7 Å². The van der Waals surface area contributed by atoms with Crippen LogP contribution in [0, 0.1) is 0 Å². The van der Waals surface area contributed by atoms with E-state index in [9.17, 15) is 4.79 Å². The standard InChI is InChI=1S/C21H16N2O3S/c1-25-18-8-4-2-6-16(18)20(24)22-14-10-12-15(13-11-14)26-21-23-17-7-3-5-9-19(17)27-21/h2-13H,1H3,(H,22,24). The van der Waals surface area contributed by atoms with Crippen LogP contribution in [-0.2, 0) is 0 Å². The molecule has 0 aliphatic carbocycles. The number of nitrogens with one attached hydrogen (secondary N) is 1. The van der Waals surface area contributed by atoms with Gasteiger partial charge in [-0.2, -0.15) is 0 Å². The summed E-state index contributed by atoms with van der Waals surface area (Å²) in [6.07, 6.45) is 0. The number of fused-ring (bicyclic) bond motifs is 1. The van der Waals surface area contributed by atoms with E-state index in [4.69, 9.17) is 9.47 Å². The summed E-state index contributed by atoms with van der Waals surface area (Å²) < 4.78 is 12.1. The Morgan fingerprint density at radius 3 is 2.48 bits per heavy atom. The van der Waals surface area contributed by atoms with Gasteiger partial charge in [0.25, 0.3) is 11.1 Å². The number of carbonyl (C=O) groups is 1. The maximum Gasteiger partial charge on any atom is 0.279 e. The Morgan fingerprint density at radius 1 is 0.963 bits per heavy atom. The van der Waals surface area contributed by atoms with Crippen molar-refractivity contribution in [2.24, 2.45) is 0 Å². The van der Waals surface area contributed by atoms with E-state index < -0.39 is 0 Å². The van der Waals surface area contributed by atoms with Gasteiger partial charge in [-0.25, -0.2) is 4.98 Å². The Balaban J connectivity index is 1.46. The first-order valence-corrected chi connectivity index (χ1v) is 9.12. The molecule has 0 bridgehead atoms. The lowest BCUT2D eigenvalue weighted by atomic mass is 10.2. The van der Waals surface area contributed by atoms with Crippen molar-refractivity contribution >= 4 is 33.1 Å². The minimum atomic E-state index is -0.229. The summed E-state index contributed by atoms with van der Waals surface area (Å²) in [5.41, 5.74) is 2.07. The summed E-state index contributed by atoms with van der Waals surface area (Å²) in [5.74, 6) is 0.961. The predicted molar refractivity (Wildman–Crippen MR) is 107 cm³/mol. The molecule has 4 aromatic rings. The van der Waals surface area contributed by atoms with Crippen molar-refractivity contribution in [3.63, 3.8) is 0 Å². The number of hydrogen-bond acceptors (Lipinski definition) is 5. The van der Waals surface area contributed by atoms with Crippen molar-refractivity contribution in [2.45, 2.75) is 0 Å². The highest BCUT2D eigenvalue weighted by Gasteiger charge is 2.12. The van der Waals surface area contributed by atoms with Crippen molar-refractivity contribution in [3.05, 3.63) is 78.4 Å². The summed E-state index contributed by atoms with van der Waals surface area (Å²) in [6.45, 7) is 0. The largest absolute Gasteiger partial charge is 0.496 e. The minimum Gasteiger partial charge on any atom is -0.496 e. The second kappa shape index (κ2) is 7.47. The van der Waals surface area contributed by atoms with Gasteiger partial charge in [-0.1, -0.05) is 35.6 Å². The molecule has 0 saturated carbocycles. The van der Waals surface area contributed by atoms with Gasteiger partial charge in [0.15, 0.2) is 0 Å². The van der Waals surface area contributed by atoms with Crippen molar-refractivity contribution in [1.29, 1.82) is 0 Å². The topological polar surface area (TPSA) is 60.5 Å². The van der Waals surface area contributed by atoms with Crippen LogP contribution in [0.2, 0.25) is 0 Å². The van der Waals surface area contributed by atoms with Crippen molar-refractivity contribution in [1.82, 2.24) is 4.98 Å². The first-order chi connectivity index (χ1) is 13.2. The first kappa shape index (κ1) is 17.1. The van der Waals surface area contributed by atoms with Gasteiger partial charge >= 0.3 is 0 Å². The average molecular weight is 376 g/mol. The quantitative estimate of drug-likeness (QED) is 0.510. The molecule has 0 atom stereocenters. The third-order valence-corrected chi connectivity index (χ3v) is 4.86. The second-order valence-corrected chi connectivity index (χ2v) is 6.72. The van der Waals surface area contributed by atoms with Gasteiger partial charge in [0.1, 0.15) is 11.5 Å². The zero-order chi connectivity index (χ0) is 18.6. The van der Waals surface area contributed by atoms with Gasteiger partial charge in [0.05, 0.1) is 22.9 Å². The van der Waals surface area contributed by atoms with E-state index in [-0.39, 0.29) is 5.91 Å². The van der Waals surface area contributed by atoms with E-state index in [0.717, 1.165) is 10.2 Å². The maximum absolute atomic E-state index is 12.4. The van der Waals surface area contributed by atoms with Gasteiger partial charge in [-0.05, 0) is 48.5 Å². The van der Waals surface area contributed by atoms with Gasteiger partial charge in [-0.3, -0.25) is 4.79 Å². The molecule has 1 aromatic heterocycles. The predicted octanol–water partition coefficient (Wildman–Crippen LogP) is 5.35. The molecule has 27 heavy (non-hydrogen) atoms. The first-order valence-electron chi connectivity index (χ1n) is 8.31. The highest BCUT2D eigenvalue weighted by molar-refractivity contribution is 7.20. The second-order valence-electron chi connectivity index (χ2n) is 5.73. The van der Waals surface area contributed by atoms with E-state index in [1.807, 2.05) is 30.3 Å². The fourth-order valence-electron chi connectivity index (χ4n) is 2.63. The molecule has 0 aliphatic heterocycles. The van der Waals surface area contributed by atoms with Gasteiger partial charge in [-0.15, -0.1) is 0 Å². The molecular formula is C21H16N2O3S. The number of para-hydroxylation sites is 2. The number of rotatable bonds is 5. The normalized spacial score (nSPS) is 10.6. The summed E-state index contributed by atoms with van der Waals surface area (Å²) in [5, 5.41) is 3.44. The fraction of sp³-hybridized carbons (Fsp3) is 0.0476. The number of carbonyl (C=O) groups excluding carboxylic acids is 1. The van der Waals surface area contributed by atoms with Crippen molar-refractivity contribution < 1.29 is 14.3 Å². The van der Waals surface area contributed by atoms with Crippen LogP contribution in [0.3, 0.4) is 0 Å². The van der Waals surface area contributed by atoms with E-state index in [1.165, 1.54) is 11.3 Å². The van der Waals surface area contributed by atoms with Crippen LogP contribution in [0.5, 0.6) is 16.7 Å². The van der Waals surface area contributed by atoms with Gasteiger partial charge in [0, 0.05) is 5.69 Å². The van der Waals surface area contributed by atoms with Crippen LogP contribution in [0.1, 0.15) is 10.4 Å². The number of aromatic nitrogens is 1. The molecule has 6 heteroatoms. The molecular weight excluding hydrogens is 360 g/mol. The van der Waals surface area contributed by atoms with E-state index in [2.05, 4.69) is 10.3 Å². The third kappa shape index (κ3) is 3.75. The van der Waals surface area contributed by atoms with Crippen molar-refractivity contribution in [2.75, 3.05) is 12.4 Å². The smallest absolute Gasteiger partial charge is 0.279 e. The molecule has 0 spiro atoms. The molecule has 0 aliphatic rings. The number of methoxy groups -OCH3 is 1. The van der Waals surface area contributed by atoms with Crippen LogP contribution in [0.15, 0.2) is 72.8 Å². The summed E-state index contributed by atoms with van der Waals surface area (Å²) >= 11 is 1.49. The minimum absolute atomic E-state index is 0.229. The van der Waals surface area contributed by atoms with E-state index in [0.29, 0.717) is 27.9 Å². The zero-order valence-corrected chi connectivity index (χ0v) is 15.3. The molecule has 5 nitrogen and oxygen atoms in total. The monoisotopic (exact) mass is 376 g/mol. The Bertz CT molecular complexity index is 1060. The zero-order valence-electron chi connectivity index (χ0n) is 14.5. The summed E-state index contributed by atoms with van der Waals surface area (Å²) in [4.78, 5) is 16.9. The van der Waals surface area contributed by atoms with E-state index >= 15 is 0 Å². The third-order valence-electron chi connectivity index (χ3n) is 3.94.